The average molecular weight is 414 g/mol. The van der Waals surface area contributed by atoms with Crippen molar-refractivity contribution in [2.45, 2.75) is 38.8 Å². The van der Waals surface area contributed by atoms with E-state index in [0.717, 1.165) is 48.1 Å². The zero-order valence-electron chi connectivity index (χ0n) is 17.7. The van der Waals surface area contributed by atoms with Gasteiger partial charge in [-0.15, -0.1) is 0 Å². The molecule has 6 nitrogen and oxygen atoms in total. The Morgan fingerprint density at radius 3 is 2.84 bits per heavy atom. The van der Waals surface area contributed by atoms with Crippen molar-refractivity contribution in [3.63, 3.8) is 0 Å². The number of fused-ring (bicyclic) bond motifs is 1. The molecule has 0 aliphatic carbocycles. The fourth-order valence-electron chi connectivity index (χ4n) is 4.73. The van der Waals surface area contributed by atoms with E-state index in [1.165, 1.54) is 5.56 Å². The Bertz CT molecular complexity index is 1170. The number of H-pyrrole nitrogens is 1. The number of aromatic amines is 1. The summed E-state index contributed by atoms with van der Waals surface area (Å²) >= 11 is 0. The van der Waals surface area contributed by atoms with Gasteiger partial charge in [0.15, 0.2) is 0 Å². The molecule has 4 aromatic rings. The van der Waals surface area contributed by atoms with E-state index in [1.54, 1.807) is 0 Å². The number of aromatic nitrogens is 4. The number of hydrogen-bond acceptors (Lipinski definition) is 3. The van der Waals surface area contributed by atoms with Crippen LogP contribution in [0.4, 0.5) is 0 Å². The van der Waals surface area contributed by atoms with Crippen molar-refractivity contribution in [3.05, 3.63) is 72.8 Å². The van der Waals surface area contributed by atoms with Crippen LogP contribution >= 0.6 is 0 Å². The normalized spacial score (nSPS) is 18.7. The van der Waals surface area contributed by atoms with Crippen molar-refractivity contribution in [1.82, 2.24) is 24.6 Å². The molecule has 0 spiro atoms. The monoisotopic (exact) mass is 413 g/mol. The third kappa shape index (κ3) is 4.10. The Hall–Kier alpha value is -3.41. The molecule has 0 radical (unpaired) electrons. The van der Waals surface area contributed by atoms with Crippen LogP contribution in [-0.2, 0) is 17.8 Å². The van der Waals surface area contributed by atoms with Gasteiger partial charge in [-0.1, -0.05) is 30.3 Å². The molecule has 1 saturated heterocycles. The van der Waals surface area contributed by atoms with Gasteiger partial charge in [-0.05, 0) is 43.4 Å². The first-order valence-corrected chi connectivity index (χ1v) is 10.9. The molecule has 2 unspecified atom stereocenters. The number of nitrogens with zero attached hydrogens (tertiary/aromatic N) is 4. The molecule has 0 bridgehead atoms. The van der Waals surface area contributed by atoms with Crippen LogP contribution in [0.15, 0.2) is 67.3 Å². The molecular weight excluding hydrogens is 386 g/mol. The summed E-state index contributed by atoms with van der Waals surface area (Å²) in [4.78, 5) is 19.6. The van der Waals surface area contributed by atoms with Gasteiger partial charge in [0, 0.05) is 60.7 Å². The van der Waals surface area contributed by atoms with Crippen LogP contribution in [0.2, 0.25) is 0 Å². The van der Waals surface area contributed by atoms with Crippen molar-refractivity contribution >= 4 is 16.9 Å². The number of aryl methyl sites for hydroxylation is 1. The van der Waals surface area contributed by atoms with Gasteiger partial charge >= 0.3 is 0 Å². The predicted molar refractivity (Wildman–Crippen MR) is 121 cm³/mol. The third-order valence-corrected chi connectivity index (χ3v) is 6.34. The number of carbonyl (C=O) groups is 1. The van der Waals surface area contributed by atoms with Crippen molar-refractivity contribution in [3.8, 4) is 11.1 Å². The second kappa shape index (κ2) is 8.38. The van der Waals surface area contributed by atoms with E-state index in [1.807, 2.05) is 36.8 Å². The maximum atomic E-state index is 12.8. The minimum atomic E-state index is 0.263. The zero-order valence-corrected chi connectivity index (χ0v) is 17.7. The molecule has 1 aliphatic rings. The lowest BCUT2D eigenvalue weighted by molar-refractivity contribution is -0.131. The van der Waals surface area contributed by atoms with Gasteiger partial charge in [0.25, 0.3) is 0 Å². The summed E-state index contributed by atoms with van der Waals surface area (Å²) in [7, 11) is 0. The third-order valence-electron chi connectivity index (χ3n) is 6.34. The fourth-order valence-corrected chi connectivity index (χ4v) is 4.73. The second-order valence-electron chi connectivity index (χ2n) is 8.57. The highest BCUT2D eigenvalue weighted by atomic mass is 16.2. The molecule has 1 aromatic carbocycles. The van der Waals surface area contributed by atoms with Crippen LogP contribution in [-0.4, -0.2) is 43.1 Å². The summed E-state index contributed by atoms with van der Waals surface area (Å²) in [5, 5.41) is 8.00. The SMILES string of the molecule is CC1CC(Cn2ccc3cc(-c4cn[nH]c4)cnc32)CN1C(=O)CCc1ccccc1. The Kier molecular flexibility index (Phi) is 5.28. The standard InChI is InChI=1S/C25H27N5O/c1-18-11-20(17-30(18)24(31)8-7-19-5-3-2-4-6-19)16-29-10-9-21-12-22(13-26-25(21)29)23-14-27-28-15-23/h2-6,9-10,12-15,18,20H,7-8,11,16-17H2,1H3,(H,27,28). The van der Waals surface area contributed by atoms with Gasteiger partial charge in [-0.2, -0.15) is 5.10 Å². The van der Waals surface area contributed by atoms with Gasteiger partial charge < -0.3 is 9.47 Å². The lowest BCUT2D eigenvalue weighted by Gasteiger charge is -2.21. The summed E-state index contributed by atoms with van der Waals surface area (Å²) in [5.74, 6) is 0.709. The smallest absolute Gasteiger partial charge is 0.223 e. The summed E-state index contributed by atoms with van der Waals surface area (Å²) in [6.07, 6.45) is 10.1. The maximum absolute atomic E-state index is 12.8. The van der Waals surface area contributed by atoms with Crippen LogP contribution in [0.5, 0.6) is 0 Å². The summed E-state index contributed by atoms with van der Waals surface area (Å²) in [6.45, 7) is 3.87. The first kappa shape index (κ1) is 19.5. The maximum Gasteiger partial charge on any atom is 0.223 e. The average Bonchev–Trinajstić information content (AvgIpc) is 3.53. The molecule has 1 fully saturated rings. The van der Waals surface area contributed by atoms with E-state index in [9.17, 15) is 4.79 Å². The highest BCUT2D eigenvalue weighted by molar-refractivity contribution is 5.81. The minimum Gasteiger partial charge on any atom is -0.340 e. The second-order valence-corrected chi connectivity index (χ2v) is 8.57. The lowest BCUT2D eigenvalue weighted by atomic mass is 10.1. The number of nitrogens with one attached hydrogen (secondary N) is 1. The number of likely N-dealkylation sites (tertiary alicyclic amines) is 1. The van der Waals surface area contributed by atoms with Gasteiger partial charge in [-0.25, -0.2) is 4.98 Å². The highest BCUT2D eigenvalue weighted by Crippen LogP contribution is 2.28. The molecule has 158 valence electrons. The van der Waals surface area contributed by atoms with Gasteiger partial charge in [0.2, 0.25) is 5.91 Å². The van der Waals surface area contributed by atoms with E-state index in [-0.39, 0.29) is 11.9 Å². The van der Waals surface area contributed by atoms with Crippen molar-refractivity contribution in [2.24, 2.45) is 5.92 Å². The van der Waals surface area contributed by atoms with Crippen molar-refractivity contribution < 1.29 is 4.79 Å². The Morgan fingerprint density at radius 1 is 1.16 bits per heavy atom. The minimum absolute atomic E-state index is 0.263. The van der Waals surface area contributed by atoms with Gasteiger partial charge in [0.1, 0.15) is 5.65 Å². The van der Waals surface area contributed by atoms with E-state index < -0.39 is 0 Å². The molecule has 5 rings (SSSR count). The number of carbonyl (C=O) groups excluding carboxylic acids is 1. The van der Waals surface area contributed by atoms with Crippen molar-refractivity contribution in [1.29, 1.82) is 0 Å². The van der Waals surface area contributed by atoms with E-state index in [4.69, 9.17) is 4.98 Å². The van der Waals surface area contributed by atoms with E-state index in [0.29, 0.717) is 12.3 Å². The molecule has 0 saturated carbocycles. The number of pyridine rings is 1. The van der Waals surface area contributed by atoms with Crippen LogP contribution in [0, 0.1) is 5.92 Å². The Balaban J connectivity index is 1.23. The van der Waals surface area contributed by atoms with Crippen molar-refractivity contribution in [2.75, 3.05) is 6.54 Å². The van der Waals surface area contributed by atoms with Gasteiger partial charge in [0.05, 0.1) is 6.20 Å². The van der Waals surface area contributed by atoms with E-state index in [2.05, 4.69) is 57.1 Å². The topological polar surface area (TPSA) is 66.8 Å². The zero-order chi connectivity index (χ0) is 21.2. The summed E-state index contributed by atoms with van der Waals surface area (Å²) < 4.78 is 2.23. The molecule has 2 atom stereocenters. The summed E-state index contributed by atoms with van der Waals surface area (Å²) in [6, 6.07) is 14.8. The summed E-state index contributed by atoms with van der Waals surface area (Å²) in [5.41, 5.74) is 4.31. The molecule has 6 heteroatoms. The van der Waals surface area contributed by atoms with E-state index >= 15 is 0 Å². The Labute approximate surface area is 181 Å². The van der Waals surface area contributed by atoms with Gasteiger partial charge in [-0.3, -0.25) is 9.89 Å². The molecule has 3 aromatic heterocycles. The number of rotatable bonds is 6. The molecule has 31 heavy (non-hydrogen) atoms. The molecular formula is C25H27N5O. The Morgan fingerprint density at radius 2 is 2.03 bits per heavy atom. The molecule has 4 heterocycles. The number of benzene rings is 1. The molecule has 1 N–H and O–H groups in total. The fraction of sp³-hybridized carbons (Fsp3) is 0.320. The first-order chi connectivity index (χ1) is 15.2. The predicted octanol–water partition coefficient (Wildman–Crippen LogP) is 4.30. The van der Waals surface area contributed by atoms with Crippen LogP contribution in [0.1, 0.15) is 25.3 Å². The lowest BCUT2D eigenvalue weighted by Crippen LogP contribution is -2.34. The van der Waals surface area contributed by atoms with Crippen LogP contribution in [0.25, 0.3) is 22.2 Å². The quantitative estimate of drug-likeness (QED) is 0.513. The first-order valence-electron chi connectivity index (χ1n) is 10.9. The molecule has 1 aliphatic heterocycles. The number of amides is 1. The molecule has 1 amide bonds. The largest absolute Gasteiger partial charge is 0.340 e. The number of hydrogen-bond donors (Lipinski definition) is 1. The highest BCUT2D eigenvalue weighted by Gasteiger charge is 2.32. The van der Waals surface area contributed by atoms with Crippen LogP contribution in [0.3, 0.4) is 0 Å². The van der Waals surface area contributed by atoms with Crippen LogP contribution < -0.4 is 0 Å².